The topological polar surface area (TPSA) is 144 Å². The highest BCUT2D eigenvalue weighted by Crippen LogP contribution is 2.42. The van der Waals surface area contributed by atoms with E-state index in [0.29, 0.717) is 41.5 Å². The number of nitrogens with two attached hydrogens (primary N) is 2. The number of non-ortho nitro benzene ring substituents is 1. The summed E-state index contributed by atoms with van der Waals surface area (Å²) >= 11 is 6.27. The van der Waals surface area contributed by atoms with Gasteiger partial charge in [-0.15, -0.1) is 0 Å². The number of hydrogen-bond donors (Lipinski definition) is 2. The van der Waals surface area contributed by atoms with Gasteiger partial charge in [0.1, 0.15) is 29.8 Å². The van der Waals surface area contributed by atoms with Crippen molar-refractivity contribution in [3.8, 4) is 17.6 Å². The first-order chi connectivity index (χ1) is 25.4. The first-order valence-electron chi connectivity index (χ1n) is 18.2. The third-order valence-electron chi connectivity index (χ3n) is 11.2. The minimum Gasteiger partial charge on any atom is -0.483 e. The Morgan fingerprint density at radius 1 is 0.769 bits per heavy atom. The van der Waals surface area contributed by atoms with Crippen LogP contribution in [0, 0.1) is 33.3 Å². The van der Waals surface area contributed by atoms with Gasteiger partial charge in [0.25, 0.3) is 5.69 Å². The van der Waals surface area contributed by atoms with Crippen molar-refractivity contribution in [2.75, 3.05) is 39.3 Å². The van der Waals surface area contributed by atoms with Crippen molar-refractivity contribution in [2.45, 2.75) is 50.0 Å². The molecule has 6 atom stereocenters. The van der Waals surface area contributed by atoms with Crippen molar-refractivity contribution in [2.24, 2.45) is 23.3 Å². The zero-order valence-electron chi connectivity index (χ0n) is 29.1. The third-order valence-corrected chi connectivity index (χ3v) is 11.5. The van der Waals surface area contributed by atoms with Crippen LogP contribution in [0.5, 0.6) is 11.5 Å². The molecular weight excluding hydrogens is 676 g/mol. The largest absolute Gasteiger partial charge is 0.483 e. The fourth-order valence-corrected chi connectivity index (χ4v) is 8.57. The number of rotatable bonds is 9. The molecule has 4 N–H and O–H groups in total. The molecule has 0 bridgehead atoms. The van der Waals surface area contributed by atoms with E-state index in [1.54, 1.807) is 6.07 Å². The van der Waals surface area contributed by atoms with Gasteiger partial charge in [-0.2, -0.15) is 5.26 Å². The molecule has 2 saturated heterocycles. The first kappa shape index (κ1) is 35.9. The van der Waals surface area contributed by atoms with Crippen LogP contribution < -0.4 is 20.9 Å². The highest BCUT2D eigenvalue weighted by molar-refractivity contribution is 6.32. The van der Waals surface area contributed by atoms with Crippen LogP contribution in [0.25, 0.3) is 0 Å². The van der Waals surface area contributed by atoms with Gasteiger partial charge in [0.15, 0.2) is 0 Å². The number of hydrogen-bond acceptors (Lipinski definition) is 9. The lowest BCUT2D eigenvalue weighted by Crippen LogP contribution is -2.39. The summed E-state index contributed by atoms with van der Waals surface area (Å²) in [5.41, 5.74) is 17.3. The lowest BCUT2D eigenvalue weighted by atomic mass is 10.1. The second kappa shape index (κ2) is 16.0. The number of halogens is 1. The zero-order valence-corrected chi connectivity index (χ0v) is 29.9. The standard InChI is InChI=1S/C21H23N3O.C20H22ClN3O3/c22-12-15-9-10-24(14-15)19-11-16-5-1-3-7-18(16)21(19)25-20-8-4-2-6-17(20)13-23;21-17-10-15(24(25)26)5-6-19(17)27-20-16-4-2-1-3-14(16)9-18(20)23-8-7-13(11-22)12-23/h1-8,15,19,21H,9-12,14,22H2;1-6,10,13,18,20H,7-9,11-12,22H2/t15-,19-,21-;13-,18-,20-/m11/s1. The summed E-state index contributed by atoms with van der Waals surface area (Å²) in [6.45, 7) is 5.54. The van der Waals surface area contributed by atoms with E-state index in [2.05, 4.69) is 52.3 Å². The maximum Gasteiger partial charge on any atom is 0.271 e. The van der Waals surface area contributed by atoms with E-state index in [1.165, 1.54) is 28.8 Å². The summed E-state index contributed by atoms with van der Waals surface area (Å²) in [5, 5.41) is 20.6. The lowest BCUT2D eigenvalue weighted by Gasteiger charge is -2.30. The minimum absolute atomic E-state index is 0.0396. The summed E-state index contributed by atoms with van der Waals surface area (Å²) in [7, 11) is 0. The molecule has 52 heavy (non-hydrogen) atoms. The second-order valence-electron chi connectivity index (χ2n) is 14.3. The molecule has 0 saturated carbocycles. The Labute approximate surface area is 310 Å². The van der Waals surface area contributed by atoms with Crippen molar-refractivity contribution in [1.29, 1.82) is 5.26 Å². The summed E-state index contributed by atoms with van der Waals surface area (Å²) in [4.78, 5) is 15.5. The first-order valence-corrected chi connectivity index (χ1v) is 18.5. The van der Waals surface area contributed by atoms with E-state index in [4.69, 9.17) is 32.5 Å². The molecule has 0 spiro atoms. The van der Waals surface area contributed by atoms with E-state index >= 15 is 0 Å². The van der Waals surface area contributed by atoms with E-state index in [1.807, 2.05) is 36.4 Å². The molecule has 4 aliphatic rings. The van der Waals surface area contributed by atoms with Gasteiger partial charge in [0, 0.05) is 25.2 Å². The van der Waals surface area contributed by atoms with Gasteiger partial charge >= 0.3 is 0 Å². The predicted octanol–water partition coefficient (Wildman–Crippen LogP) is 6.46. The molecule has 0 amide bonds. The van der Waals surface area contributed by atoms with Gasteiger partial charge in [-0.3, -0.25) is 19.9 Å². The highest BCUT2D eigenvalue weighted by atomic mass is 35.5. The number of nitrogens with zero attached hydrogens (tertiary/aromatic N) is 4. The molecular formula is C41H45ClN6O4. The SMILES string of the molecule is N#Cc1ccccc1O[C@@H]1c2ccccc2C[C@H]1N1CC[C@H](CN)C1.NC[C@H]1CCN([C@@H]2Cc3ccccc3[C@H]2Oc2ccc([N+](=O)[O-])cc2Cl)C1. The molecule has 270 valence electrons. The number of nitriles is 1. The number of nitro benzene ring substituents is 1. The van der Waals surface area contributed by atoms with Crippen LogP contribution >= 0.6 is 11.6 Å². The fraction of sp³-hybridized carbons (Fsp3) is 0.390. The maximum absolute atomic E-state index is 10.9. The Morgan fingerprint density at radius 3 is 1.79 bits per heavy atom. The number of ether oxygens (including phenoxy) is 2. The van der Waals surface area contributed by atoms with Crippen LogP contribution in [0.4, 0.5) is 5.69 Å². The van der Waals surface area contributed by atoms with E-state index in [-0.39, 0.29) is 29.0 Å². The fourth-order valence-electron chi connectivity index (χ4n) is 8.35. The van der Waals surface area contributed by atoms with Crippen LogP contribution in [0.15, 0.2) is 91.0 Å². The average Bonchev–Trinajstić information content (AvgIpc) is 3.98. The highest BCUT2D eigenvalue weighted by Gasteiger charge is 2.42. The Hall–Kier alpha value is -4.50. The van der Waals surface area contributed by atoms with Gasteiger partial charge in [-0.1, -0.05) is 72.3 Å². The molecule has 2 fully saturated rings. The molecule has 4 aromatic rings. The van der Waals surface area contributed by atoms with E-state index in [9.17, 15) is 15.4 Å². The molecule has 11 heteroatoms. The van der Waals surface area contributed by atoms with Gasteiger partial charge in [-0.25, -0.2) is 0 Å². The Kier molecular flexibility index (Phi) is 11.1. The summed E-state index contributed by atoms with van der Waals surface area (Å²) in [6, 6.07) is 31.4. The van der Waals surface area contributed by atoms with Crippen LogP contribution in [0.1, 0.15) is 52.9 Å². The Balaban J connectivity index is 0.000000162. The molecule has 0 radical (unpaired) electrons. The third kappa shape index (κ3) is 7.51. The second-order valence-corrected chi connectivity index (χ2v) is 14.7. The number of likely N-dealkylation sites (tertiary alicyclic amines) is 2. The number of fused-ring (bicyclic) bond motifs is 2. The van der Waals surface area contributed by atoms with Crippen molar-refractivity contribution in [1.82, 2.24) is 9.80 Å². The van der Waals surface area contributed by atoms with Crippen LogP contribution in [0.2, 0.25) is 5.02 Å². The predicted molar refractivity (Wildman–Crippen MR) is 201 cm³/mol. The normalized spacial score (nSPS) is 25.1. The molecule has 8 rings (SSSR count). The minimum atomic E-state index is -0.458. The quantitative estimate of drug-likeness (QED) is 0.147. The zero-order chi connectivity index (χ0) is 36.2. The van der Waals surface area contributed by atoms with Crippen molar-refractivity contribution in [3.63, 3.8) is 0 Å². The number of nitro groups is 1. The monoisotopic (exact) mass is 720 g/mol. The van der Waals surface area contributed by atoms with Crippen molar-refractivity contribution >= 4 is 17.3 Å². The molecule has 2 aliphatic heterocycles. The van der Waals surface area contributed by atoms with Crippen LogP contribution in [0.3, 0.4) is 0 Å². The van der Waals surface area contributed by atoms with Crippen LogP contribution in [-0.2, 0) is 12.8 Å². The van der Waals surface area contributed by atoms with Crippen LogP contribution in [-0.4, -0.2) is 66.1 Å². The lowest BCUT2D eigenvalue weighted by molar-refractivity contribution is -0.384. The maximum atomic E-state index is 10.9. The van der Waals surface area contributed by atoms with Crippen molar-refractivity contribution in [3.05, 3.63) is 134 Å². The molecule has 0 unspecified atom stereocenters. The average molecular weight is 721 g/mol. The molecule has 2 heterocycles. The van der Waals surface area contributed by atoms with Gasteiger partial charge in [0.2, 0.25) is 0 Å². The smallest absolute Gasteiger partial charge is 0.271 e. The molecule has 4 aromatic carbocycles. The number of benzene rings is 4. The Bertz CT molecular complexity index is 1940. The molecule has 10 nitrogen and oxygen atoms in total. The number of para-hydroxylation sites is 1. The van der Waals surface area contributed by atoms with Gasteiger partial charge < -0.3 is 20.9 Å². The van der Waals surface area contributed by atoms with E-state index in [0.717, 1.165) is 64.0 Å². The Morgan fingerprint density at radius 2 is 1.29 bits per heavy atom. The summed E-state index contributed by atoms with van der Waals surface area (Å²) in [5.74, 6) is 2.25. The summed E-state index contributed by atoms with van der Waals surface area (Å²) in [6.07, 6.45) is 3.98. The van der Waals surface area contributed by atoms with Gasteiger partial charge in [0.05, 0.1) is 27.6 Å². The van der Waals surface area contributed by atoms with E-state index < -0.39 is 4.92 Å². The summed E-state index contributed by atoms with van der Waals surface area (Å²) < 4.78 is 12.8. The van der Waals surface area contributed by atoms with Gasteiger partial charge in [-0.05, 0) is 104 Å². The van der Waals surface area contributed by atoms with Crippen molar-refractivity contribution < 1.29 is 14.4 Å². The molecule has 2 aliphatic carbocycles. The molecule has 0 aromatic heterocycles.